The van der Waals surface area contributed by atoms with Crippen molar-refractivity contribution in [3.8, 4) is 0 Å². The summed E-state index contributed by atoms with van der Waals surface area (Å²) >= 11 is 6.09. The first kappa shape index (κ1) is 36.1. The predicted octanol–water partition coefficient (Wildman–Crippen LogP) is 7.04. The van der Waals surface area contributed by atoms with Gasteiger partial charge in [-0.2, -0.15) is 25.9 Å². The third kappa shape index (κ3) is 8.19. The minimum Gasteiger partial charge on any atom is -0.480 e. The summed E-state index contributed by atoms with van der Waals surface area (Å²) < 4.78 is 77.3. The van der Waals surface area contributed by atoms with Crippen LogP contribution in [0.4, 0.5) is 13.2 Å². The molecule has 2 heterocycles. The van der Waals surface area contributed by atoms with Crippen molar-refractivity contribution in [2.24, 2.45) is 0 Å². The van der Waals surface area contributed by atoms with E-state index in [0.717, 1.165) is 38.7 Å². The third-order valence-electron chi connectivity index (χ3n) is 8.69. The van der Waals surface area contributed by atoms with Gasteiger partial charge in [-0.3, -0.25) is 4.79 Å². The molecule has 15 heteroatoms. The van der Waals surface area contributed by atoms with E-state index in [1.54, 1.807) is 11.6 Å². The van der Waals surface area contributed by atoms with Gasteiger partial charge in [0.25, 0.3) is 5.95 Å². The van der Waals surface area contributed by atoms with E-state index in [1.165, 1.54) is 18.2 Å². The number of alkyl halides is 4. The number of aliphatic hydroxyl groups excluding tert-OH is 1. The fraction of sp³-hybridized carbons (Fsp3) is 0.382. The summed E-state index contributed by atoms with van der Waals surface area (Å²) in [6.07, 6.45) is -2.67. The maximum Gasteiger partial charge on any atom is 0.416 e. The Bertz CT molecular complexity index is 1960. The van der Waals surface area contributed by atoms with Crippen LogP contribution in [0.3, 0.4) is 0 Å². The molecule has 0 amide bonds. The van der Waals surface area contributed by atoms with Crippen LogP contribution in [0.5, 0.6) is 0 Å². The molecule has 2 unspecified atom stereocenters. The number of hydrogen-bond donors (Lipinski definition) is 1. The summed E-state index contributed by atoms with van der Waals surface area (Å²) in [5, 5.41) is 18.4. The predicted molar refractivity (Wildman–Crippen MR) is 177 cm³/mol. The van der Waals surface area contributed by atoms with Gasteiger partial charge >= 0.3 is 22.4 Å². The van der Waals surface area contributed by atoms with Gasteiger partial charge in [-0.1, -0.05) is 41.6 Å². The lowest BCUT2D eigenvalue weighted by Gasteiger charge is -2.25. The molecule has 5 rings (SSSR count). The Morgan fingerprint density at radius 1 is 1.10 bits per heavy atom. The summed E-state index contributed by atoms with van der Waals surface area (Å²) in [5.74, 6) is -1.49. The van der Waals surface area contributed by atoms with Crippen LogP contribution in [-0.2, 0) is 43.3 Å². The fourth-order valence-corrected chi connectivity index (χ4v) is 7.22. The first-order chi connectivity index (χ1) is 23.2. The van der Waals surface area contributed by atoms with Crippen LogP contribution in [0.15, 0.2) is 66.6 Å². The highest BCUT2D eigenvalue weighted by atomic mass is 35.5. The molecule has 10 nitrogen and oxygen atoms in total. The SMILES string of the molecule is CCOC(=O)CC(c1ccc(C)c(CN2CC=C(O)OS2(=O)=O)c1)c1ccc2c(nnn2CC(CCCl)c2ccc(C(F)(F)F)cc2)c1C. The maximum absolute atomic E-state index is 13.2. The van der Waals surface area contributed by atoms with E-state index in [9.17, 15) is 31.5 Å². The third-order valence-corrected chi connectivity index (χ3v) is 10.2. The fourth-order valence-electron chi connectivity index (χ4n) is 6.02. The normalized spacial score (nSPS) is 16.2. The van der Waals surface area contributed by atoms with Crippen molar-refractivity contribution in [1.82, 2.24) is 19.3 Å². The Morgan fingerprint density at radius 3 is 2.47 bits per heavy atom. The van der Waals surface area contributed by atoms with Crippen LogP contribution in [-0.4, -0.2) is 57.8 Å². The van der Waals surface area contributed by atoms with Crippen LogP contribution >= 0.6 is 11.6 Å². The van der Waals surface area contributed by atoms with Crippen molar-refractivity contribution >= 4 is 38.9 Å². The van der Waals surface area contributed by atoms with Crippen molar-refractivity contribution in [3.63, 3.8) is 0 Å². The lowest BCUT2D eigenvalue weighted by molar-refractivity contribution is -0.143. The van der Waals surface area contributed by atoms with Gasteiger partial charge in [0.05, 0.1) is 30.7 Å². The molecule has 0 aliphatic carbocycles. The van der Waals surface area contributed by atoms with Crippen molar-refractivity contribution < 1.29 is 40.4 Å². The summed E-state index contributed by atoms with van der Waals surface area (Å²) in [4.78, 5) is 12.9. The Kier molecular flexibility index (Phi) is 10.9. The number of fused-ring (bicyclic) bond motifs is 1. The summed E-state index contributed by atoms with van der Waals surface area (Å²) in [5.41, 5.74) is 5.11. The monoisotopic (exact) mass is 720 g/mol. The zero-order valence-electron chi connectivity index (χ0n) is 27.1. The maximum atomic E-state index is 13.2. The second kappa shape index (κ2) is 14.8. The van der Waals surface area contributed by atoms with E-state index in [2.05, 4.69) is 14.5 Å². The number of aryl methyl sites for hydroxylation is 2. The van der Waals surface area contributed by atoms with E-state index in [4.69, 9.17) is 16.3 Å². The highest BCUT2D eigenvalue weighted by Crippen LogP contribution is 2.36. The standard InChI is InChI=1S/C34H36ClF3N4O6S/c1-4-47-32(44)18-29(24-6-5-21(2)26(17-24)19-41-16-14-31(43)48-49(41,45)46)28-11-12-30-33(22(28)3)39-40-42(30)20-25(13-15-35)23-7-9-27(10-8-23)34(36,37)38/h5-12,14,17,25,29,43H,4,13,15-16,18-20H2,1-3H3. The molecule has 0 saturated carbocycles. The lowest BCUT2D eigenvalue weighted by atomic mass is 9.84. The zero-order valence-corrected chi connectivity index (χ0v) is 28.6. The molecule has 0 radical (unpaired) electrons. The quantitative estimate of drug-likeness (QED) is 0.122. The van der Waals surface area contributed by atoms with Crippen LogP contribution < -0.4 is 0 Å². The lowest BCUT2D eigenvalue weighted by Crippen LogP contribution is -2.35. The Balaban J connectivity index is 1.49. The molecule has 49 heavy (non-hydrogen) atoms. The second-order valence-corrected chi connectivity index (χ2v) is 13.8. The number of carbonyl (C=O) groups is 1. The van der Waals surface area contributed by atoms with E-state index < -0.39 is 39.9 Å². The molecule has 0 bridgehead atoms. The number of hydrogen-bond acceptors (Lipinski definition) is 8. The molecular weight excluding hydrogens is 685 g/mol. The highest BCUT2D eigenvalue weighted by molar-refractivity contribution is 7.84. The minimum atomic E-state index is -4.44. The molecule has 1 aliphatic heterocycles. The molecule has 4 aromatic rings. The van der Waals surface area contributed by atoms with Gasteiger partial charge in [-0.15, -0.1) is 16.7 Å². The molecule has 1 N–H and O–H groups in total. The molecule has 0 fully saturated rings. The van der Waals surface area contributed by atoms with Crippen LogP contribution in [0.1, 0.15) is 70.5 Å². The van der Waals surface area contributed by atoms with Crippen molar-refractivity contribution in [3.05, 3.63) is 106 Å². The van der Waals surface area contributed by atoms with Crippen LogP contribution in [0.2, 0.25) is 0 Å². The molecule has 1 aliphatic rings. The Morgan fingerprint density at radius 2 is 1.82 bits per heavy atom. The van der Waals surface area contributed by atoms with Gasteiger partial charge < -0.3 is 14.0 Å². The van der Waals surface area contributed by atoms with Crippen molar-refractivity contribution in [2.45, 2.75) is 64.7 Å². The number of carbonyl (C=O) groups excluding carboxylic acids is 1. The first-order valence-electron chi connectivity index (χ1n) is 15.6. The average molecular weight is 721 g/mol. The molecule has 0 saturated heterocycles. The van der Waals surface area contributed by atoms with Crippen molar-refractivity contribution in [1.29, 1.82) is 0 Å². The zero-order chi connectivity index (χ0) is 35.5. The Hall–Kier alpha value is -4.14. The van der Waals surface area contributed by atoms with Crippen molar-refractivity contribution in [2.75, 3.05) is 19.0 Å². The van der Waals surface area contributed by atoms with Crippen LogP contribution in [0.25, 0.3) is 11.0 Å². The van der Waals surface area contributed by atoms with Gasteiger partial charge in [-0.25, -0.2) is 4.68 Å². The number of aromatic nitrogens is 3. The summed E-state index contributed by atoms with van der Waals surface area (Å²) in [6, 6.07) is 14.4. The second-order valence-electron chi connectivity index (χ2n) is 11.8. The topological polar surface area (TPSA) is 124 Å². The van der Waals surface area contributed by atoms with Gasteiger partial charge in [0.1, 0.15) is 5.52 Å². The van der Waals surface area contributed by atoms with E-state index >= 15 is 0 Å². The minimum absolute atomic E-state index is 0.00424. The molecule has 0 spiro atoms. The van der Waals surface area contributed by atoms with Gasteiger partial charge in [0, 0.05) is 36.9 Å². The van der Waals surface area contributed by atoms with Gasteiger partial charge in [-0.05, 0) is 78.8 Å². The smallest absolute Gasteiger partial charge is 0.416 e. The molecule has 262 valence electrons. The summed E-state index contributed by atoms with van der Waals surface area (Å²) in [7, 11) is -4.20. The van der Waals surface area contributed by atoms with Gasteiger partial charge in [0.15, 0.2) is 0 Å². The number of nitrogens with zero attached hydrogens (tertiary/aromatic N) is 4. The highest BCUT2D eigenvalue weighted by Gasteiger charge is 2.31. The van der Waals surface area contributed by atoms with Gasteiger partial charge in [0.2, 0.25) is 0 Å². The number of aliphatic hydroxyl groups is 1. The van der Waals surface area contributed by atoms with E-state index in [0.29, 0.717) is 41.0 Å². The summed E-state index contributed by atoms with van der Waals surface area (Å²) in [6.45, 7) is 5.90. The molecule has 2 atom stereocenters. The largest absolute Gasteiger partial charge is 0.480 e. The van der Waals surface area contributed by atoms with Crippen LogP contribution in [0, 0.1) is 13.8 Å². The Labute approximate surface area is 287 Å². The number of ether oxygens (including phenoxy) is 1. The van der Waals surface area contributed by atoms with E-state index in [1.807, 2.05) is 44.2 Å². The number of rotatable bonds is 12. The molecule has 3 aromatic carbocycles. The number of benzene rings is 3. The average Bonchev–Trinajstić information content (AvgIpc) is 3.45. The number of esters is 1. The molecule has 1 aromatic heterocycles. The number of halogens is 4. The van der Waals surface area contributed by atoms with E-state index in [-0.39, 0.29) is 32.0 Å². The first-order valence-corrected chi connectivity index (χ1v) is 17.5. The molecular formula is C34H36ClF3N4O6S.